The van der Waals surface area contributed by atoms with E-state index in [4.69, 9.17) is 28.1 Å². The minimum Gasteiger partial charge on any atom is -0.504 e. The molecule has 6 N–H and O–H groups in total. The lowest BCUT2D eigenvalue weighted by molar-refractivity contribution is -0.327. The van der Waals surface area contributed by atoms with Crippen LogP contribution < -0.4 is 0 Å². The molecule has 1 saturated carbocycles. The number of epoxide rings is 1. The van der Waals surface area contributed by atoms with Crippen LogP contribution in [0.4, 0.5) is 0 Å². The third-order valence-corrected chi connectivity index (χ3v) is 12.1. The number of aliphatic hydroxyl groups is 5. The van der Waals surface area contributed by atoms with Crippen molar-refractivity contribution in [2.45, 2.75) is 107 Å². The number of carboxylic acid groups (broad SMARTS) is 1. The van der Waals surface area contributed by atoms with Crippen molar-refractivity contribution < 1.29 is 73.1 Å². The van der Waals surface area contributed by atoms with E-state index in [1.165, 1.54) is 12.5 Å². The molecular weight excluding hydrogens is 624 g/mol. The molecule has 6 aliphatic rings. The van der Waals surface area contributed by atoms with Crippen molar-refractivity contribution in [1.82, 2.24) is 0 Å². The summed E-state index contributed by atoms with van der Waals surface area (Å²) < 4.78 is 35.7. The fraction of sp³-hybridized carbons (Fsp3) is 0.719. The highest BCUT2D eigenvalue weighted by Crippen LogP contribution is 2.78. The standard InChI is InChI=1S/C32H40O15/c1-28(2)22-21(38)23(39)30(4)15(31(22)12-43-17(34)9-16(31)46-28)5-7-29(3,32(30)25(47-32)26(40)41)24(13-6-8-42-11-13)45-27-20(37)19(36)18(35)14(10-33)44-27/h6,8,11,14-16,18-20,24-25,27,33,35-38H,5,7,9-10,12H2,1-4H3,(H,40,41)/t14-,15-,16+,18-,19+,20-,24+,25-,27+,29+,30+,31+,32-/m1/s1. The largest absolute Gasteiger partial charge is 0.504 e. The molecule has 2 spiro atoms. The molecule has 1 aromatic rings. The number of Topliss-reactive ketones (excluding diaryl/α,β-unsaturated/α-hetero) is 1. The van der Waals surface area contributed by atoms with Gasteiger partial charge in [-0.1, -0.05) is 6.92 Å². The number of ketones is 1. The van der Waals surface area contributed by atoms with E-state index in [0.717, 1.165) is 0 Å². The van der Waals surface area contributed by atoms with Gasteiger partial charge in [0.15, 0.2) is 18.2 Å². The normalized spacial score (nSPS) is 47.6. The molecule has 4 saturated heterocycles. The predicted molar refractivity (Wildman–Crippen MR) is 152 cm³/mol. The minimum absolute atomic E-state index is 0.133. The SMILES string of the molecule is CC1(C)O[C@H]2CC(=O)OC[C@@]23C1=C(O)C(=O)[C@]1(C)[C@H]3CC[C@@](C)([C@@H](O[C@@H]2O[C@H](CO)[C@@H](O)[C@H](O)[C@H]2O)c2ccoc2)[C@@]12O[C@@H]2C(=O)O. The van der Waals surface area contributed by atoms with Gasteiger partial charge in [0.05, 0.1) is 54.2 Å². The quantitative estimate of drug-likeness (QED) is 0.177. The summed E-state index contributed by atoms with van der Waals surface area (Å²) in [5.74, 6) is -3.91. The number of aliphatic carboxylic acids is 1. The molecule has 0 aromatic carbocycles. The van der Waals surface area contributed by atoms with Gasteiger partial charge in [0.1, 0.15) is 36.6 Å². The smallest absolute Gasteiger partial charge is 0.335 e. The number of allylic oxidation sites excluding steroid dienone is 1. The number of ether oxygens (including phenoxy) is 5. The van der Waals surface area contributed by atoms with Crippen molar-refractivity contribution in [3.05, 3.63) is 35.5 Å². The minimum atomic E-state index is -1.85. The first-order valence-electron chi connectivity index (χ1n) is 15.7. The van der Waals surface area contributed by atoms with Crippen molar-refractivity contribution >= 4 is 17.7 Å². The summed E-state index contributed by atoms with van der Waals surface area (Å²) in [5, 5.41) is 63.9. The zero-order chi connectivity index (χ0) is 34.1. The first-order valence-corrected chi connectivity index (χ1v) is 15.7. The topological polar surface area (TPSA) is 235 Å². The molecule has 15 nitrogen and oxygen atoms in total. The van der Waals surface area contributed by atoms with Gasteiger partial charge >= 0.3 is 11.9 Å². The van der Waals surface area contributed by atoms with Gasteiger partial charge in [0.25, 0.3) is 0 Å². The van der Waals surface area contributed by atoms with Crippen molar-refractivity contribution in [3.8, 4) is 0 Å². The number of cyclic esters (lactones) is 1. The third-order valence-electron chi connectivity index (χ3n) is 12.1. The van der Waals surface area contributed by atoms with Crippen LogP contribution in [0.3, 0.4) is 0 Å². The maximum Gasteiger partial charge on any atom is 0.335 e. The lowest BCUT2D eigenvalue weighted by Crippen LogP contribution is -2.70. The zero-order valence-corrected chi connectivity index (χ0v) is 26.3. The number of carbonyl (C=O) groups excluding carboxylic acids is 2. The lowest BCUT2D eigenvalue weighted by atomic mass is 9.39. The van der Waals surface area contributed by atoms with E-state index in [9.17, 15) is 45.0 Å². The van der Waals surface area contributed by atoms with Crippen molar-refractivity contribution in [2.24, 2.45) is 22.2 Å². The maximum absolute atomic E-state index is 14.7. The van der Waals surface area contributed by atoms with Gasteiger partial charge in [-0.05, 0) is 45.6 Å². The molecule has 5 fully saturated rings. The predicted octanol–water partition coefficient (Wildman–Crippen LogP) is 0.288. The first-order chi connectivity index (χ1) is 22.0. The Morgan fingerprint density at radius 3 is 2.43 bits per heavy atom. The highest BCUT2D eigenvalue weighted by atomic mass is 16.7. The molecule has 258 valence electrons. The van der Waals surface area contributed by atoms with Crippen LogP contribution in [0.1, 0.15) is 58.6 Å². The van der Waals surface area contributed by atoms with E-state index in [-0.39, 0.29) is 25.9 Å². The van der Waals surface area contributed by atoms with Crippen LogP contribution in [-0.2, 0) is 38.1 Å². The summed E-state index contributed by atoms with van der Waals surface area (Å²) in [6.07, 6.45) is -8.69. The number of hydrogen-bond acceptors (Lipinski definition) is 14. The van der Waals surface area contributed by atoms with E-state index in [1.807, 2.05) is 0 Å². The van der Waals surface area contributed by atoms with E-state index < -0.39 is 112 Å². The van der Waals surface area contributed by atoms with E-state index in [0.29, 0.717) is 11.1 Å². The van der Waals surface area contributed by atoms with Gasteiger partial charge in [0, 0.05) is 16.6 Å². The number of hydrogen-bond donors (Lipinski definition) is 6. The molecule has 0 unspecified atom stereocenters. The second-order valence-corrected chi connectivity index (χ2v) is 14.6. The number of aliphatic hydroxyl groups excluding tert-OH is 5. The molecule has 2 aliphatic carbocycles. The van der Waals surface area contributed by atoms with Gasteiger partial charge in [0.2, 0.25) is 5.78 Å². The van der Waals surface area contributed by atoms with Crippen LogP contribution in [-0.4, -0.2) is 116 Å². The maximum atomic E-state index is 14.7. The number of esters is 1. The average molecular weight is 665 g/mol. The number of carbonyl (C=O) groups is 3. The first kappa shape index (κ1) is 32.6. The van der Waals surface area contributed by atoms with Crippen LogP contribution in [0, 0.1) is 22.2 Å². The molecule has 0 bridgehead atoms. The molecule has 47 heavy (non-hydrogen) atoms. The molecule has 4 aliphatic heterocycles. The molecule has 0 radical (unpaired) electrons. The Morgan fingerprint density at radius 1 is 1.09 bits per heavy atom. The fourth-order valence-corrected chi connectivity index (χ4v) is 10.1. The molecule has 0 amide bonds. The molecule has 15 heteroatoms. The Kier molecular flexibility index (Phi) is 7.16. The Labute approximate surface area is 269 Å². The van der Waals surface area contributed by atoms with Crippen LogP contribution in [0.15, 0.2) is 34.3 Å². The van der Waals surface area contributed by atoms with Crippen LogP contribution >= 0.6 is 0 Å². The number of furan rings is 1. The molecule has 13 atom stereocenters. The van der Waals surface area contributed by atoms with Gasteiger partial charge in [-0.15, -0.1) is 0 Å². The number of carboxylic acids is 1. The summed E-state index contributed by atoms with van der Waals surface area (Å²) in [6.45, 7) is 5.78. The molecule has 5 heterocycles. The molecular formula is C32H40O15. The number of fused-ring (bicyclic) bond motifs is 2. The molecule has 7 rings (SSSR count). The summed E-state index contributed by atoms with van der Waals surface area (Å²) in [6, 6.07) is 1.56. The highest BCUT2D eigenvalue weighted by Gasteiger charge is 2.88. The van der Waals surface area contributed by atoms with Crippen LogP contribution in [0.2, 0.25) is 0 Å². The average Bonchev–Trinajstić information content (AvgIpc) is 3.48. The second-order valence-electron chi connectivity index (χ2n) is 14.6. The van der Waals surface area contributed by atoms with Crippen molar-refractivity contribution in [2.75, 3.05) is 13.2 Å². The van der Waals surface area contributed by atoms with Crippen LogP contribution in [0.5, 0.6) is 0 Å². The lowest BCUT2D eigenvalue weighted by Gasteiger charge is -2.62. The number of rotatable bonds is 6. The zero-order valence-electron chi connectivity index (χ0n) is 26.3. The molecule has 1 aromatic heterocycles. The van der Waals surface area contributed by atoms with Gasteiger partial charge < -0.3 is 58.7 Å². The Hall–Kier alpha value is -2.89. The van der Waals surface area contributed by atoms with E-state index >= 15 is 0 Å². The van der Waals surface area contributed by atoms with Gasteiger partial charge in [-0.2, -0.15) is 0 Å². The Balaban J connectivity index is 1.39. The summed E-state index contributed by atoms with van der Waals surface area (Å²) in [4.78, 5) is 40.1. The highest BCUT2D eigenvalue weighted by molar-refractivity contribution is 6.03. The van der Waals surface area contributed by atoms with Gasteiger partial charge in [-0.3, -0.25) is 9.59 Å². The summed E-state index contributed by atoms with van der Waals surface area (Å²) in [5.41, 5.74) is -6.67. The fourth-order valence-electron chi connectivity index (χ4n) is 10.1. The van der Waals surface area contributed by atoms with Crippen LogP contribution in [0.25, 0.3) is 0 Å². The van der Waals surface area contributed by atoms with E-state index in [1.54, 1.807) is 33.8 Å². The van der Waals surface area contributed by atoms with Gasteiger partial charge in [-0.25, -0.2) is 4.79 Å². The summed E-state index contributed by atoms with van der Waals surface area (Å²) >= 11 is 0. The Morgan fingerprint density at radius 2 is 1.81 bits per heavy atom. The van der Waals surface area contributed by atoms with E-state index in [2.05, 4.69) is 0 Å². The third kappa shape index (κ3) is 3.93. The summed E-state index contributed by atoms with van der Waals surface area (Å²) in [7, 11) is 0. The Bertz CT molecular complexity index is 1520. The monoisotopic (exact) mass is 664 g/mol. The van der Waals surface area contributed by atoms with Crippen molar-refractivity contribution in [1.29, 1.82) is 0 Å². The second kappa shape index (κ2) is 10.3. The van der Waals surface area contributed by atoms with Crippen molar-refractivity contribution in [3.63, 3.8) is 0 Å².